The van der Waals surface area contributed by atoms with Crippen molar-refractivity contribution in [3.63, 3.8) is 0 Å². The first-order chi connectivity index (χ1) is 10.1. The standard InChI is InChI=1S/C17H20F2N2/c1-21(2)17(14-6-4-3-5-7-14)12-20-11-13-8-15(18)10-16(19)9-13/h3-10,17,20H,11-12H2,1-2H3. The molecule has 0 amide bonds. The minimum Gasteiger partial charge on any atom is -0.311 e. The second-order valence-corrected chi connectivity index (χ2v) is 5.30. The highest BCUT2D eigenvalue weighted by Gasteiger charge is 2.13. The first-order valence-corrected chi connectivity index (χ1v) is 6.93. The van der Waals surface area contributed by atoms with Crippen molar-refractivity contribution in [1.82, 2.24) is 10.2 Å². The molecule has 0 bridgehead atoms. The van der Waals surface area contributed by atoms with Gasteiger partial charge in [0.15, 0.2) is 0 Å². The van der Waals surface area contributed by atoms with E-state index in [1.165, 1.54) is 17.7 Å². The second-order valence-electron chi connectivity index (χ2n) is 5.30. The second kappa shape index (κ2) is 7.29. The van der Waals surface area contributed by atoms with Crippen molar-refractivity contribution in [1.29, 1.82) is 0 Å². The van der Waals surface area contributed by atoms with Crippen molar-refractivity contribution in [2.24, 2.45) is 0 Å². The van der Waals surface area contributed by atoms with E-state index in [1.54, 1.807) is 0 Å². The Morgan fingerprint density at radius 1 is 1.00 bits per heavy atom. The predicted octanol–water partition coefficient (Wildman–Crippen LogP) is 3.36. The van der Waals surface area contributed by atoms with Gasteiger partial charge in [-0.1, -0.05) is 30.3 Å². The molecule has 21 heavy (non-hydrogen) atoms. The molecule has 0 radical (unpaired) electrons. The van der Waals surface area contributed by atoms with Crippen LogP contribution in [0.5, 0.6) is 0 Å². The number of nitrogens with one attached hydrogen (secondary N) is 1. The molecule has 0 aliphatic carbocycles. The average molecular weight is 290 g/mol. The summed E-state index contributed by atoms with van der Waals surface area (Å²) in [5.41, 5.74) is 1.82. The lowest BCUT2D eigenvalue weighted by Gasteiger charge is -2.25. The number of likely N-dealkylation sites (N-methyl/N-ethyl adjacent to an activating group) is 1. The third-order valence-electron chi connectivity index (χ3n) is 3.40. The highest BCUT2D eigenvalue weighted by molar-refractivity contribution is 5.20. The minimum atomic E-state index is -0.543. The maximum atomic E-state index is 13.1. The molecule has 0 saturated heterocycles. The Bertz CT molecular complexity index is 550. The maximum Gasteiger partial charge on any atom is 0.126 e. The van der Waals surface area contributed by atoms with Crippen LogP contribution in [0, 0.1) is 11.6 Å². The summed E-state index contributed by atoms with van der Waals surface area (Å²) in [6.45, 7) is 1.14. The summed E-state index contributed by atoms with van der Waals surface area (Å²) in [6, 6.07) is 14.0. The molecule has 0 fully saturated rings. The van der Waals surface area contributed by atoms with Crippen LogP contribution in [0.15, 0.2) is 48.5 Å². The van der Waals surface area contributed by atoms with Crippen molar-refractivity contribution in [3.05, 3.63) is 71.3 Å². The van der Waals surface area contributed by atoms with Crippen molar-refractivity contribution < 1.29 is 8.78 Å². The van der Waals surface area contributed by atoms with Crippen LogP contribution in [-0.2, 0) is 6.54 Å². The molecule has 4 heteroatoms. The van der Waals surface area contributed by atoms with Gasteiger partial charge < -0.3 is 10.2 Å². The molecule has 0 aromatic heterocycles. The number of rotatable bonds is 6. The molecule has 0 spiro atoms. The van der Waals surface area contributed by atoms with E-state index >= 15 is 0 Å². The SMILES string of the molecule is CN(C)C(CNCc1cc(F)cc(F)c1)c1ccccc1. The Kier molecular flexibility index (Phi) is 5.42. The predicted molar refractivity (Wildman–Crippen MR) is 80.9 cm³/mol. The van der Waals surface area contributed by atoms with Gasteiger partial charge in [0.1, 0.15) is 11.6 Å². The third-order valence-corrected chi connectivity index (χ3v) is 3.40. The molecule has 1 atom stereocenters. The van der Waals surface area contributed by atoms with Crippen LogP contribution in [0.4, 0.5) is 8.78 Å². The van der Waals surface area contributed by atoms with E-state index in [-0.39, 0.29) is 6.04 Å². The van der Waals surface area contributed by atoms with Crippen LogP contribution in [0.2, 0.25) is 0 Å². The highest BCUT2D eigenvalue weighted by atomic mass is 19.1. The highest BCUT2D eigenvalue weighted by Crippen LogP contribution is 2.17. The van der Waals surface area contributed by atoms with Gasteiger partial charge in [-0.3, -0.25) is 0 Å². The van der Waals surface area contributed by atoms with Crippen LogP contribution in [0.1, 0.15) is 17.2 Å². The van der Waals surface area contributed by atoms with E-state index in [1.807, 2.05) is 32.3 Å². The van der Waals surface area contributed by atoms with Crippen molar-refractivity contribution in [3.8, 4) is 0 Å². The van der Waals surface area contributed by atoms with Gasteiger partial charge in [0.25, 0.3) is 0 Å². The van der Waals surface area contributed by atoms with Crippen LogP contribution < -0.4 is 5.32 Å². The number of hydrogen-bond acceptors (Lipinski definition) is 2. The first-order valence-electron chi connectivity index (χ1n) is 6.93. The molecule has 2 aromatic rings. The van der Waals surface area contributed by atoms with E-state index in [9.17, 15) is 8.78 Å². The zero-order chi connectivity index (χ0) is 15.2. The first kappa shape index (κ1) is 15.6. The zero-order valence-electron chi connectivity index (χ0n) is 12.3. The summed E-state index contributed by atoms with van der Waals surface area (Å²) in [5, 5.41) is 3.26. The molecule has 0 aliphatic heterocycles. The van der Waals surface area contributed by atoms with Gasteiger partial charge in [-0.25, -0.2) is 8.78 Å². The average Bonchev–Trinajstić information content (AvgIpc) is 2.43. The number of nitrogens with zero attached hydrogens (tertiary/aromatic N) is 1. The fourth-order valence-electron chi connectivity index (χ4n) is 2.34. The number of hydrogen-bond donors (Lipinski definition) is 1. The van der Waals surface area contributed by atoms with Crippen LogP contribution >= 0.6 is 0 Å². The molecule has 1 N–H and O–H groups in total. The van der Waals surface area contributed by atoms with Gasteiger partial charge in [-0.05, 0) is 37.4 Å². The van der Waals surface area contributed by atoms with Gasteiger partial charge in [0, 0.05) is 25.2 Å². The topological polar surface area (TPSA) is 15.3 Å². The Morgan fingerprint density at radius 2 is 1.62 bits per heavy atom. The monoisotopic (exact) mass is 290 g/mol. The molecule has 2 nitrogen and oxygen atoms in total. The summed E-state index contributed by atoms with van der Waals surface area (Å²) >= 11 is 0. The van der Waals surface area contributed by atoms with Crippen LogP contribution in [0.25, 0.3) is 0 Å². The fourth-order valence-corrected chi connectivity index (χ4v) is 2.34. The molecule has 0 heterocycles. The molecule has 2 aromatic carbocycles. The lowest BCUT2D eigenvalue weighted by molar-refractivity contribution is 0.288. The largest absolute Gasteiger partial charge is 0.311 e. The van der Waals surface area contributed by atoms with Gasteiger partial charge in [0.2, 0.25) is 0 Å². The molecule has 1 unspecified atom stereocenters. The molecular formula is C17H20F2N2. The van der Waals surface area contributed by atoms with Crippen molar-refractivity contribution in [2.45, 2.75) is 12.6 Å². The lowest BCUT2D eigenvalue weighted by Crippen LogP contribution is -2.30. The Balaban J connectivity index is 1.97. The molecular weight excluding hydrogens is 270 g/mol. The van der Waals surface area contributed by atoms with E-state index in [0.717, 1.165) is 6.07 Å². The number of halogens is 2. The van der Waals surface area contributed by atoms with Crippen molar-refractivity contribution in [2.75, 3.05) is 20.6 Å². The van der Waals surface area contributed by atoms with Gasteiger partial charge in [-0.2, -0.15) is 0 Å². The lowest BCUT2D eigenvalue weighted by atomic mass is 10.1. The smallest absolute Gasteiger partial charge is 0.126 e. The van der Waals surface area contributed by atoms with Gasteiger partial charge in [0.05, 0.1) is 0 Å². The summed E-state index contributed by atoms with van der Waals surface area (Å²) in [5.74, 6) is -1.09. The van der Waals surface area contributed by atoms with Crippen LogP contribution in [-0.4, -0.2) is 25.5 Å². The Morgan fingerprint density at radius 3 is 2.19 bits per heavy atom. The summed E-state index contributed by atoms with van der Waals surface area (Å²) in [7, 11) is 4.03. The quantitative estimate of drug-likeness (QED) is 0.877. The maximum absolute atomic E-state index is 13.1. The third kappa shape index (κ3) is 4.62. The fraction of sp³-hybridized carbons (Fsp3) is 0.294. The van der Waals surface area contributed by atoms with Gasteiger partial charge in [-0.15, -0.1) is 0 Å². The molecule has 0 saturated carbocycles. The Labute approximate surface area is 124 Å². The van der Waals surface area contributed by atoms with Crippen molar-refractivity contribution >= 4 is 0 Å². The van der Waals surface area contributed by atoms with E-state index in [0.29, 0.717) is 18.7 Å². The summed E-state index contributed by atoms with van der Waals surface area (Å²) in [4.78, 5) is 2.12. The van der Waals surface area contributed by atoms with E-state index in [4.69, 9.17) is 0 Å². The normalized spacial score (nSPS) is 12.6. The zero-order valence-corrected chi connectivity index (χ0v) is 12.3. The minimum absolute atomic E-state index is 0.213. The molecule has 112 valence electrons. The van der Waals surface area contributed by atoms with E-state index < -0.39 is 11.6 Å². The van der Waals surface area contributed by atoms with E-state index in [2.05, 4.69) is 22.3 Å². The Hall–Kier alpha value is -1.78. The number of benzene rings is 2. The molecule has 2 rings (SSSR count). The molecule has 0 aliphatic rings. The van der Waals surface area contributed by atoms with Gasteiger partial charge >= 0.3 is 0 Å². The van der Waals surface area contributed by atoms with Crippen LogP contribution in [0.3, 0.4) is 0 Å². The summed E-state index contributed by atoms with van der Waals surface area (Å²) < 4.78 is 26.3. The summed E-state index contributed by atoms with van der Waals surface area (Å²) in [6.07, 6.45) is 0.